The molecule has 3 N–H and O–H groups in total. The summed E-state index contributed by atoms with van der Waals surface area (Å²) in [6.45, 7) is 7.13. The van der Waals surface area contributed by atoms with E-state index in [0.717, 1.165) is 38.9 Å². The maximum absolute atomic E-state index is 10.2. The van der Waals surface area contributed by atoms with Gasteiger partial charge in [-0.15, -0.1) is 0 Å². The van der Waals surface area contributed by atoms with Crippen LogP contribution in [-0.4, -0.2) is 36.4 Å². The molecule has 2 atom stereocenters. The average molecular weight is 200 g/mol. The molecule has 0 bridgehead atoms. The second kappa shape index (κ2) is 5.69. The zero-order valence-electron chi connectivity index (χ0n) is 9.47. The molecule has 3 heteroatoms. The van der Waals surface area contributed by atoms with E-state index in [1.165, 1.54) is 6.42 Å². The van der Waals surface area contributed by atoms with Gasteiger partial charge in [-0.3, -0.25) is 0 Å². The van der Waals surface area contributed by atoms with Crippen molar-refractivity contribution in [2.24, 2.45) is 0 Å². The van der Waals surface area contributed by atoms with E-state index in [1.54, 1.807) is 0 Å². The van der Waals surface area contributed by atoms with E-state index in [0.29, 0.717) is 6.04 Å². The highest BCUT2D eigenvalue weighted by Gasteiger charge is 2.32. The van der Waals surface area contributed by atoms with Crippen molar-refractivity contribution in [1.29, 1.82) is 0 Å². The van der Waals surface area contributed by atoms with Crippen LogP contribution < -0.4 is 10.6 Å². The summed E-state index contributed by atoms with van der Waals surface area (Å²) in [6, 6.07) is 0.297. The van der Waals surface area contributed by atoms with E-state index in [4.69, 9.17) is 0 Å². The van der Waals surface area contributed by atoms with Crippen molar-refractivity contribution in [1.82, 2.24) is 10.6 Å². The van der Waals surface area contributed by atoms with Gasteiger partial charge in [0.15, 0.2) is 0 Å². The van der Waals surface area contributed by atoms with Gasteiger partial charge >= 0.3 is 0 Å². The van der Waals surface area contributed by atoms with Gasteiger partial charge in [0, 0.05) is 6.04 Å². The lowest BCUT2D eigenvalue weighted by atomic mass is 9.91. The maximum Gasteiger partial charge on any atom is 0.0784 e. The molecule has 0 aromatic heterocycles. The molecule has 1 heterocycles. The van der Waals surface area contributed by atoms with Crippen LogP contribution >= 0.6 is 0 Å². The molecule has 84 valence electrons. The third kappa shape index (κ3) is 3.56. The van der Waals surface area contributed by atoms with Crippen molar-refractivity contribution in [2.45, 2.75) is 51.2 Å². The molecule has 1 rings (SSSR count). The lowest BCUT2D eigenvalue weighted by Gasteiger charge is -2.30. The van der Waals surface area contributed by atoms with Crippen molar-refractivity contribution in [3.05, 3.63) is 0 Å². The molecule has 14 heavy (non-hydrogen) atoms. The summed E-state index contributed by atoms with van der Waals surface area (Å²) in [7, 11) is 0. The molecule has 1 aliphatic heterocycles. The van der Waals surface area contributed by atoms with Crippen LogP contribution in [0.1, 0.15) is 39.5 Å². The van der Waals surface area contributed by atoms with E-state index in [9.17, 15) is 5.11 Å². The van der Waals surface area contributed by atoms with Crippen LogP contribution in [0.4, 0.5) is 0 Å². The van der Waals surface area contributed by atoms with Crippen molar-refractivity contribution in [3.63, 3.8) is 0 Å². The van der Waals surface area contributed by atoms with Crippen LogP contribution in [0, 0.1) is 0 Å². The number of hydrogen-bond donors (Lipinski definition) is 3. The SMILES string of the molecule is CCCNCCC(C)(O)C1CCCN1. The third-order valence-electron chi connectivity index (χ3n) is 3.05. The summed E-state index contributed by atoms with van der Waals surface area (Å²) in [5.41, 5.74) is -0.544. The minimum atomic E-state index is -0.544. The molecular formula is C11H24N2O. The summed E-state index contributed by atoms with van der Waals surface area (Å²) in [4.78, 5) is 0. The fourth-order valence-electron chi connectivity index (χ4n) is 2.03. The smallest absolute Gasteiger partial charge is 0.0784 e. The van der Waals surface area contributed by atoms with E-state index < -0.39 is 5.60 Å². The Kier molecular flexibility index (Phi) is 4.85. The highest BCUT2D eigenvalue weighted by Crippen LogP contribution is 2.21. The number of hydrogen-bond acceptors (Lipinski definition) is 3. The molecule has 1 aliphatic rings. The summed E-state index contributed by atoms with van der Waals surface area (Å²) >= 11 is 0. The van der Waals surface area contributed by atoms with Gasteiger partial charge in [0.25, 0.3) is 0 Å². The topological polar surface area (TPSA) is 44.3 Å². The molecule has 0 aliphatic carbocycles. The Morgan fingerprint density at radius 1 is 1.50 bits per heavy atom. The predicted octanol–water partition coefficient (Wildman–Crippen LogP) is 0.879. The first-order valence-corrected chi connectivity index (χ1v) is 5.83. The van der Waals surface area contributed by atoms with E-state index in [-0.39, 0.29) is 0 Å². The zero-order chi connectivity index (χ0) is 10.4. The summed E-state index contributed by atoms with van der Waals surface area (Å²) < 4.78 is 0. The normalized spacial score (nSPS) is 26.4. The molecule has 0 spiro atoms. The first kappa shape index (κ1) is 12.0. The molecular weight excluding hydrogens is 176 g/mol. The van der Waals surface area contributed by atoms with Crippen molar-refractivity contribution in [3.8, 4) is 0 Å². The Hall–Kier alpha value is -0.120. The first-order chi connectivity index (χ1) is 6.67. The van der Waals surface area contributed by atoms with Crippen LogP contribution in [-0.2, 0) is 0 Å². The highest BCUT2D eigenvalue weighted by atomic mass is 16.3. The quantitative estimate of drug-likeness (QED) is 0.558. The van der Waals surface area contributed by atoms with Crippen LogP contribution in [0.2, 0.25) is 0 Å². The van der Waals surface area contributed by atoms with Crippen LogP contribution in [0.25, 0.3) is 0 Å². The van der Waals surface area contributed by atoms with Crippen LogP contribution in [0.5, 0.6) is 0 Å². The Morgan fingerprint density at radius 3 is 2.86 bits per heavy atom. The summed E-state index contributed by atoms with van der Waals surface area (Å²) in [5.74, 6) is 0. The fraction of sp³-hybridized carbons (Fsp3) is 1.00. The number of nitrogens with one attached hydrogen (secondary N) is 2. The number of aliphatic hydroxyl groups is 1. The third-order valence-corrected chi connectivity index (χ3v) is 3.05. The van der Waals surface area contributed by atoms with Gasteiger partial charge in [0.1, 0.15) is 0 Å². The molecule has 0 amide bonds. The zero-order valence-corrected chi connectivity index (χ0v) is 9.47. The Morgan fingerprint density at radius 2 is 2.29 bits per heavy atom. The second-order valence-electron chi connectivity index (χ2n) is 4.51. The van der Waals surface area contributed by atoms with Crippen LogP contribution in [0.3, 0.4) is 0 Å². The Labute approximate surface area is 87.3 Å². The fourth-order valence-corrected chi connectivity index (χ4v) is 2.03. The monoisotopic (exact) mass is 200 g/mol. The van der Waals surface area contributed by atoms with Gasteiger partial charge in [0.05, 0.1) is 5.60 Å². The molecule has 0 saturated carbocycles. The van der Waals surface area contributed by atoms with Crippen LogP contribution in [0.15, 0.2) is 0 Å². The standard InChI is InChI=1S/C11H24N2O/c1-3-7-12-9-6-11(2,14)10-5-4-8-13-10/h10,12-14H,3-9H2,1-2H3. The minimum Gasteiger partial charge on any atom is -0.389 e. The number of rotatable bonds is 6. The molecule has 0 radical (unpaired) electrons. The lowest BCUT2D eigenvalue weighted by Crippen LogP contribution is -2.47. The average Bonchev–Trinajstić information content (AvgIpc) is 2.65. The van der Waals surface area contributed by atoms with Gasteiger partial charge in [0.2, 0.25) is 0 Å². The molecule has 3 nitrogen and oxygen atoms in total. The Balaban J connectivity index is 2.19. The van der Waals surface area contributed by atoms with Crippen molar-refractivity contribution < 1.29 is 5.11 Å². The molecule has 0 aromatic carbocycles. The Bertz CT molecular complexity index is 153. The van der Waals surface area contributed by atoms with Gasteiger partial charge in [-0.2, -0.15) is 0 Å². The second-order valence-corrected chi connectivity index (χ2v) is 4.51. The van der Waals surface area contributed by atoms with E-state index in [1.807, 2.05) is 6.92 Å². The highest BCUT2D eigenvalue weighted by molar-refractivity contribution is 4.91. The van der Waals surface area contributed by atoms with Crippen molar-refractivity contribution >= 4 is 0 Å². The van der Waals surface area contributed by atoms with Gasteiger partial charge in [-0.1, -0.05) is 6.92 Å². The van der Waals surface area contributed by atoms with Gasteiger partial charge in [-0.05, 0) is 52.2 Å². The van der Waals surface area contributed by atoms with Crippen molar-refractivity contribution in [2.75, 3.05) is 19.6 Å². The molecule has 0 aromatic rings. The minimum absolute atomic E-state index is 0.297. The predicted molar refractivity (Wildman–Crippen MR) is 59.4 cm³/mol. The largest absolute Gasteiger partial charge is 0.389 e. The maximum atomic E-state index is 10.2. The van der Waals surface area contributed by atoms with E-state index in [2.05, 4.69) is 17.6 Å². The van der Waals surface area contributed by atoms with Gasteiger partial charge in [-0.25, -0.2) is 0 Å². The lowest BCUT2D eigenvalue weighted by molar-refractivity contribution is 0.0180. The van der Waals surface area contributed by atoms with Gasteiger partial charge < -0.3 is 15.7 Å². The molecule has 1 fully saturated rings. The summed E-state index contributed by atoms with van der Waals surface area (Å²) in [6.07, 6.45) is 4.30. The molecule has 1 saturated heterocycles. The first-order valence-electron chi connectivity index (χ1n) is 5.83. The molecule has 2 unspecified atom stereocenters. The summed E-state index contributed by atoms with van der Waals surface area (Å²) in [5, 5.41) is 16.9. The van der Waals surface area contributed by atoms with E-state index >= 15 is 0 Å².